The summed E-state index contributed by atoms with van der Waals surface area (Å²) in [5.41, 5.74) is 7.21. The topological polar surface area (TPSA) is 91.3 Å². The van der Waals surface area contributed by atoms with Gasteiger partial charge in [-0.15, -0.1) is 0 Å². The number of nitrogens with one attached hydrogen (secondary N) is 2. The summed E-state index contributed by atoms with van der Waals surface area (Å²) >= 11 is 0. The zero-order valence-electron chi connectivity index (χ0n) is 18.6. The number of fused-ring (bicyclic) bond motifs is 2. The van der Waals surface area contributed by atoms with Gasteiger partial charge >= 0.3 is 0 Å². The van der Waals surface area contributed by atoms with Crippen molar-refractivity contribution in [2.75, 3.05) is 20.1 Å². The first kappa shape index (κ1) is 19.0. The highest BCUT2D eigenvalue weighted by Gasteiger charge is 2.25. The van der Waals surface area contributed by atoms with E-state index in [-0.39, 0.29) is 0 Å². The molecule has 0 atom stereocenters. The van der Waals surface area contributed by atoms with E-state index in [0.29, 0.717) is 12.0 Å². The minimum atomic E-state index is 0.451. The van der Waals surface area contributed by atoms with E-state index >= 15 is 0 Å². The molecule has 1 saturated heterocycles. The molecule has 166 valence electrons. The number of imidazole rings is 1. The van der Waals surface area contributed by atoms with Crippen molar-refractivity contribution in [3.8, 4) is 22.6 Å². The number of benzene rings is 1. The fraction of sp³-hybridized carbons (Fsp3) is 0.360. The molecule has 0 unspecified atom stereocenters. The molecule has 1 aromatic carbocycles. The normalized spacial score (nSPS) is 18.0. The molecule has 1 aliphatic heterocycles. The maximum absolute atomic E-state index is 5.01. The van der Waals surface area contributed by atoms with Crippen molar-refractivity contribution in [3.05, 3.63) is 48.5 Å². The SMILES string of the molecule is CN1CCC(c2nccc3[nH]c(-c4n[nH]c5ccc(-c6cnn(C7CC7)c6)cc45)nc23)CC1. The lowest BCUT2D eigenvalue weighted by molar-refractivity contribution is 0.254. The lowest BCUT2D eigenvalue weighted by Gasteiger charge is -2.28. The van der Waals surface area contributed by atoms with E-state index in [4.69, 9.17) is 9.97 Å². The highest BCUT2D eigenvalue weighted by atomic mass is 15.3. The Hall–Kier alpha value is -3.52. The maximum atomic E-state index is 5.01. The predicted molar refractivity (Wildman–Crippen MR) is 128 cm³/mol. The quantitative estimate of drug-likeness (QED) is 0.431. The predicted octanol–water partition coefficient (Wildman–Crippen LogP) is 4.51. The second-order valence-corrected chi connectivity index (χ2v) is 9.53. The molecule has 2 fully saturated rings. The monoisotopic (exact) mass is 438 g/mol. The number of aromatic amines is 2. The minimum absolute atomic E-state index is 0.451. The summed E-state index contributed by atoms with van der Waals surface area (Å²) in [5.74, 6) is 1.23. The number of pyridine rings is 1. The van der Waals surface area contributed by atoms with Crippen LogP contribution in [0.1, 0.15) is 43.3 Å². The van der Waals surface area contributed by atoms with Gasteiger partial charge in [0.15, 0.2) is 5.82 Å². The molecule has 8 heteroatoms. The Bertz CT molecular complexity index is 1460. The van der Waals surface area contributed by atoms with Crippen LogP contribution in [0.3, 0.4) is 0 Å². The van der Waals surface area contributed by atoms with Crippen molar-refractivity contribution in [2.45, 2.75) is 37.6 Å². The van der Waals surface area contributed by atoms with Gasteiger partial charge < -0.3 is 9.88 Å². The van der Waals surface area contributed by atoms with E-state index in [2.05, 4.69) is 61.3 Å². The molecule has 2 N–H and O–H groups in total. The second kappa shape index (κ2) is 7.25. The smallest absolute Gasteiger partial charge is 0.159 e. The van der Waals surface area contributed by atoms with Gasteiger partial charge in [0.25, 0.3) is 0 Å². The fourth-order valence-corrected chi connectivity index (χ4v) is 5.05. The van der Waals surface area contributed by atoms with Gasteiger partial charge in [0, 0.05) is 29.3 Å². The van der Waals surface area contributed by atoms with Crippen LogP contribution in [0, 0.1) is 0 Å². The first-order chi connectivity index (χ1) is 16.2. The van der Waals surface area contributed by atoms with E-state index in [1.54, 1.807) is 0 Å². The van der Waals surface area contributed by atoms with Crippen molar-refractivity contribution >= 4 is 21.9 Å². The third-order valence-corrected chi connectivity index (χ3v) is 7.18. The molecule has 4 aromatic heterocycles. The molecular weight excluding hydrogens is 412 g/mol. The molecule has 8 nitrogen and oxygen atoms in total. The largest absolute Gasteiger partial charge is 0.336 e. The highest BCUT2D eigenvalue weighted by Crippen LogP contribution is 2.36. The third-order valence-electron chi connectivity index (χ3n) is 7.18. The Labute approximate surface area is 191 Å². The van der Waals surface area contributed by atoms with E-state index in [9.17, 15) is 0 Å². The summed E-state index contributed by atoms with van der Waals surface area (Å²) in [5, 5.41) is 13.4. The zero-order valence-corrected chi connectivity index (χ0v) is 18.6. The van der Waals surface area contributed by atoms with Gasteiger partial charge in [0.05, 0.1) is 29.0 Å². The molecule has 0 amide bonds. The summed E-state index contributed by atoms with van der Waals surface area (Å²) in [6.07, 6.45) is 10.7. The van der Waals surface area contributed by atoms with Gasteiger partial charge in [-0.25, -0.2) is 4.98 Å². The molecule has 1 aliphatic carbocycles. The van der Waals surface area contributed by atoms with Gasteiger partial charge in [-0.3, -0.25) is 14.8 Å². The molecule has 0 spiro atoms. The van der Waals surface area contributed by atoms with Gasteiger partial charge in [-0.2, -0.15) is 10.2 Å². The van der Waals surface area contributed by atoms with Crippen LogP contribution in [-0.4, -0.2) is 60.0 Å². The van der Waals surface area contributed by atoms with E-state index in [1.165, 1.54) is 12.8 Å². The molecule has 7 rings (SSSR count). The number of likely N-dealkylation sites (tertiary alicyclic amines) is 1. The number of H-pyrrole nitrogens is 2. The Balaban J connectivity index is 1.29. The van der Waals surface area contributed by atoms with Gasteiger partial charge in [-0.05, 0) is 69.6 Å². The van der Waals surface area contributed by atoms with Crippen LogP contribution in [0.2, 0.25) is 0 Å². The average Bonchev–Trinajstić information content (AvgIpc) is 3.23. The Morgan fingerprint density at radius 1 is 1.00 bits per heavy atom. The van der Waals surface area contributed by atoms with Crippen LogP contribution in [0.25, 0.3) is 44.6 Å². The number of piperidine rings is 1. The lowest BCUT2D eigenvalue weighted by Crippen LogP contribution is -2.29. The number of hydrogen-bond acceptors (Lipinski definition) is 5. The molecule has 2 aliphatic rings. The average molecular weight is 439 g/mol. The summed E-state index contributed by atoms with van der Waals surface area (Å²) in [7, 11) is 2.19. The van der Waals surface area contributed by atoms with Crippen molar-refractivity contribution in [3.63, 3.8) is 0 Å². The third kappa shape index (κ3) is 3.24. The van der Waals surface area contributed by atoms with Crippen LogP contribution >= 0.6 is 0 Å². The summed E-state index contributed by atoms with van der Waals surface area (Å²) in [6, 6.07) is 8.99. The number of aromatic nitrogens is 7. The first-order valence-electron chi connectivity index (χ1n) is 11.8. The summed E-state index contributed by atoms with van der Waals surface area (Å²) < 4.78 is 2.09. The molecule has 5 heterocycles. The van der Waals surface area contributed by atoms with E-state index in [1.807, 2.05) is 18.5 Å². The second-order valence-electron chi connectivity index (χ2n) is 9.53. The van der Waals surface area contributed by atoms with E-state index in [0.717, 1.165) is 76.2 Å². The summed E-state index contributed by atoms with van der Waals surface area (Å²) in [4.78, 5) is 15.6. The Morgan fingerprint density at radius 2 is 1.88 bits per heavy atom. The van der Waals surface area contributed by atoms with Gasteiger partial charge in [0.2, 0.25) is 0 Å². The molecule has 0 radical (unpaired) electrons. The van der Waals surface area contributed by atoms with Gasteiger partial charge in [-0.1, -0.05) is 6.07 Å². The standard InChI is InChI=1S/C25H26N8/c1-32-10-7-15(8-11-32)22-24-21(6-9-26-22)28-25(29-24)23-19-12-16(2-5-20(19)30-31-23)17-13-27-33(14-17)18-3-4-18/h2,5-6,9,12-15,18H,3-4,7-8,10-11H2,1H3,(H,28,29)(H,30,31). The van der Waals surface area contributed by atoms with Crippen LogP contribution < -0.4 is 0 Å². The van der Waals surface area contributed by atoms with Crippen LogP contribution in [0.15, 0.2) is 42.9 Å². The number of nitrogens with zero attached hydrogens (tertiary/aromatic N) is 6. The molecular formula is C25H26N8. The minimum Gasteiger partial charge on any atom is -0.336 e. The molecule has 1 saturated carbocycles. The molecule has 33 heavy (non-hydrogen) atoms. The molecule has 5 aromatic rings. The van der Waals surface area contributed by atoms with Crippen molar-refractivity contribution in [1.29, 1.82) is 0 Å². The fourth-order valence-electron chi connectivity index (χ4n) is 5.05. The Kier molecular flexibility index (Phi) is 4.17. The highest BCUT2D eigenvalue weighted by molar-refractivity contribution is 5.95. The van der Waals surface area contributed by atoms with Crippen molar-refractivity contribution in [1.82, 2.24) is 39.8 Å². The lowest BCUT2D eigenvalue weighted by atomic mass is 9.92. The van der Waals surface area contributed by atoms with Crippen LogP contribution in [0.4, 0.5) is 0 Å². The number of hydrogen-bond donors (Lipinski definition) is 2. The van der Waals surface area contributed by atoms with Gasteiger partial charge in [0.1, 0.15) is 11.2 Å². The van der Waals surface area contributed by atoms with Crippen molar-refractivity contribution in [2.24, 2.45) is 0 Å². The number of rotatable bonds is 4. The van der Waals surface area contributed by atoms with Crippen molar-refractivity contribution < 1.29 is 0 Å². The van der Waals surface area contributed by atoms with Crippen LogP contribution in [0.5, 0.6) is 0 Å². The van der Waals surface area contributed by atoms with Crippen LogP contribution in [-0.2, 0) is 0 Å². The Morgan fingerprint density at radius 3 is 2.73 bits per heavy atom. The van der Waals surface area contributed by atoms with E-state index < -0.39 is 0 Å². The maximum Gasteiger partial charge on any atom is 0.159 e. The summed E-state index contributed by atoms with van der Waals surface area (Å²) in [6.45, 7) is 2.20. The molecule has 0 bridgehead atoms. The first-order valence-corrected chi connectivity index (χ1v) is 11.8. The zero-order chi connectivity index (χ0) is 21.9.